The van der Waals surface area contributed by atoms with Crippen molar-refractivity contribution in [3.8, 4) is 11.3 Å². The fraction of sp³-hybridized carbons (Fsp3) is 0.0417. The fourth-order valence-electron chi connectivity index (χ4n) is 3.10. The number of aromatic nitrogens is 2. The highest BCUT2D eigenvalue weighted by Gasteiger charge is 2.11. The predicted octanol–water partition coefficient (Wildman–Crippen LogP) is 6.06. The van der Waals surface area contributed by atoms with Crippen molar-refractivity contribution >= 4 is 41.1 Å². The Hall–Kier alpha value is -3.61. The van der Waals surface area contributed by atoms with E-state index in [-0.39, 0.29) is 0 Å². The molecule has 0 aliphatic rings. The molecule has 0 aliphatic heterocycles. The Labute approximate surface area is 195 Å². The number of hydrazone groups is 1. The van der Waals surface area contributed by atoms with Gasteiger partial charge in [0.25, 0.3) is 0 Å². The van der Waals surface area contributed by atoms with Gasteiger partial charge in [-0.05, 0) is 29.8 Å². The molecule has 0 bridgehead atoms. The number of amides is 2. The van der Waals surface area contributed by atoms with Crippen LogP contribution in [0.1, 0.15) is 11.1 Å². The van der Waals surface area contributed by atoms with Crippen LogP contribution in [-0.2, 0) is 6.54 Å². The Bertz CT molecular complexity index is 1240. The Kier molecular flexibility index (Phi) is 6.84. The van der Waals surface area contributed by atoms with E-state index in [4.69, 9.17) is 28.3 Å². The number of hydrogen-bond acceptors (Lipinski definition) is 3. The molecule has 0 unspecified atom stereocenters. The molecule has 6 nitrogen and oxygen atoms in total. The van der Waals surface area contributed by atoms with Crippen molar-refractivity contribution in [2.24, 2.45) is 5.10 Å². The lowest BCUT2D eigenvalue weighted by Gasteiger charge is -2.05. The van der Waals surface area contributed by atoms with E-state index in [0.29, 0.717) is 22.3 Å². The van der Waals surface area contributed by atoms with Crippen LogP contribution < -0.4 is 10.7 Å². The number of carbonyl (C=O) groups is 1. The summed E-state index contributed by atoms with van der Waals surface area (Å²) in [5.74, 6) is 0. The number of nitrogens with zero attached hydrogens (tertiary/aromatic N) is 3. The highest BCUT2D eigenvalue weighted by atomic mass is 35.5. The van der Waals surface area contributed by atoms with E-state index >= 15 is 0 Å². The topological polar surface area (TPSA) is 71.3 Å². The van der Waals surface area contributed by atoms with Crippen LogP contribution in [0.15, 0.2) is 90.2 Å². The smallest absolute Gasteiger partial charge is 0.307 e. The molecule has 0 spiro atoms. The molecule has 3 aromatic carbocycles. The van der Waals surface area contributed by atoms with E-state index in [2.05, 4.69) is 15.8 Å². The minimum absolute atomic E-state index is 0.436. The third-order valence-corrected chi connectivity index (χ3v) is 5.17. The summed E-state index contributed by atoms with van der Waals surface area (Å²) in [6, 6.07) is 23.8. The number of anilines is 1. The van der Waals surface area contributed by atoms with Crippen molar-refractivity contribution in [1.82, 2.24) is 15.2 Å². The Balaban J connectivity index is 1.54. The molecule has 1 aromatic heterocycles. The molecule has 4 aromatic rings. The Morgan fingerprint density at radius 2 is 1.72 bits per heavy atom. The number of benzene rings is 3. The van der Waals surface area contributed by atoms with E-state index in [1.165, 1.54) is 0 Å². The van der Waals surface area contributed by atoms with Gasteiger partial charge < -0.3 is 5.32 Å². The maximum atomic E-state index is 12.1. The minimum atomic E-state index is -0.436. The van der Waals surface area contributed by atoms with Crippen molar-refractivity contribution in [1.29, 1.82) is 0 Å². The summed E-state index contributed by atoms with van der Waals surface area (Å²) in [7, 11) is 0. The third-order valence-electron chi connectivity index (χ3n) is 4.59. The van der Waals surface area contributed by atoms with Gasteiger partial charge in [-0.15, -0.1) is 0 Å². The van der Waals surface area contributed by atoms with Gasteiger partial charge >= 0.3 is 6.03 Å². The molecule has 4 rings (SSSR count). The van der Waals surface area contributed by atoms with Crippen LogP contribution in [0, 0.1) is 0 Å². The molecule has 0 radical (unpaired) electrons. The van der Waals surface area contributed by atoms with E-state index in [1.54, 1.807) is 35.2 Å². The summed E-state index contributed by atoms with van der Waals surface area (Å²) in [6.45, 7) is 0.464. The maximum absolute atomic E-state index is 12.1. The number of rotatable bonds is 6. The Morgan fingerprint density at radius 1 is 1.00 bits per heavy atom. The largest absolute Gasteiger partial charge is 0.339 e. The summed E-state index contributed by atoms with van der Waals surface area (Å²) in [5.41, 5.74) is 6.47. The SMILES string of the molecule is O=C(N/N=C/c1cn(Cc2ccc(Cl)cc2Cl)nc1-c1ccccc1)Nc1ccccc1. The molecule has 8 heteroatoms. The van der Waals surface area contributed by atoms with Crippen molar-refractivity contribution in [2.45, 2.75) is 6.54 Å². The summed E-state index contributed by atoms with van der Waals surface area (Å²) in [6.07, 6.45) is 3.42. The van der Waals surface area contributed by atoms with E-state index in [0.717, 1.165) is 22.4 Å². The van der Waals surface area contributed by atoms with E-state index in [1.807, 2.05) is 60.8 Å². The lowest BCUT2D eigenvalue weighted by atomic mass is 10.1. The third kappa shape index (κ3) is 5.55. The van der Waals surface area contributed by atoms with Gasteiger partial charge in [0, 0.05) is 33.1 Å². The van der Waals surface area contributed by atoms with Crippen molar-refractivity contribution < 1.29 is 4.79 Å². The molecule has 2 amide bonds. The van der Waals surface area contributed by atoms with Gasteiger partial charge in [-0.1, -0.05) is 77.8 Å². The number of hydrogen-bond donors (Lipinski definition) is 2. The van der Waals surface area contributed by atoms with Crippen LogP contribution in [-0.4, -0.2) is 22.0 Å². The molecular formula is C24H19Cl2N5O. The first-order valence-electron chi connectivity index (χ1n) is 9.80. The second-order valence-corrected chi connectivity index (χ2v) is 7.77. The van der Waals surface area contributed by atoms with Crippen LogP contribution in [0.4, 0.5) is 10.5 Å². The average molecular weight is 464 g/mol. The first-order valence-corrected chi connectivity index (χ1v) is 10.6. The van der Waals surface area contributed by atoms with Crippen molar-refractivity contribution in [3.05, 3.63) is 106 Å². The summed E-state index contributed by atoms with van der Waals surface area (Å²) in [5, 5.41) is 12.7. The average Bonchev–Trinajstić information content (AvgIpc) is 3.19. The number of carbonyl (C=O) groups excluding carboxylic acids is 1. The van der Waals surface area contributed by atoms with Crippen LogP contribution in [0.5, 0.6) is 0 Å². The van der Waals surface area contributed by atoms with Gasteiger partial charge in [0.15, 0.2) is 0 Å². The highest BCUT2D eigenvalue weighted by Crippen LogP contribution is 2.24. The van der Waals surface area contributed by atoms with E-state index < -0.39 is 6.03 Å². The molecule has 0 saturated heterocycles. The standard InChI is InChI=1S/C24H19Cl2N5O/c25-20-12-11-18(22(26)13-20)15-31-16-19(23(30-31)17-7-3-1-4-8-17)14-27-29-24(32)28-21-9-5-2-6-10-21/h1-14,16H,15H2,(H2,28,29,32)/b27-14+. The molecule has 2 N–H and O–H groups in total. The fourth-order valence-corrected chi connectivity index (χ4v) is 3.57. The van der Waals surface area contributed by atoms with Crippen LogP contribution >= 0.6 is 23.2 Å². The van der Waals surface area contributed by atoms with Crippen LogP contribution in [0.25, 0.3) is 11.3 Å². The molecule has 0 saturated carbocycles. The van der Waals surface area contributed by atoms with Crippen LogP contribution in [0.2, 0.25) is 10.0 Å². The van der Waals surface area contributed by atoms with E-state index in [9.17, 15) is 4.79 Å². The highest BCUT2D eigenvalue weighted by molar-refractivity contribution is 6.35. The molecule has 0 fully saturated rings. The maximum Gasteiger partial charge on any atom is 0.339 e. The minimum Gasteiger partial charge on any atom is -0.307 e. The normalized spacial score (nSPS) is 10.9. The summed E-state index contributed by atoms with van der Waals surface area (Å²) >= 11 is 12.3. The zero-order valence-corrected chi connectivity index (χ0v) is 18.4. The monoisotopic (exact) mass is 463 g/mol. The molecule has 32 heavy (non-hydrogen) atoms. The van der Waals surface area contributed by atoms with Crippen molar-refractivity contribution in [2.75, 3.05) is 5.32 Å². The van der Waals surface area contributed by atoms with Crippen LogP contribution in [0.3, 0.4) is 0 Å². The van der Waals surface area contributed by atoms with Crippen molar-refractivity contribution in [3.63, 3.8) is 0 Å². The molecule has 0 aliphatic carbocycles. The number of urea groups is 1. The van der Waals surface area contributed by atoms with Gasteiger partial charge in [-0.3, -0.25) is 4.68 Å². The van der Waals surface area contributed by atoms with Gasteiger partial charge in [-0.2, -0.15) is 10.2 Å². The first-order chi connectivity index (χ1) is 15.6. The molecule has 1 heterocycles. The predicted molar refractivity (Wildman–Crippen MR) is 129 cm³/mol. The first kappa shape index (κ1) is 21.6. The second-order valence-electron chi connectivity index (χ2n) is 6.92. The zero-order chi connectivity index (χ0) is 22.3. The zero-order valence-electron chi connectivity index (χ0n) is 16.9. The molecular weight excluding hydrogens is 445 g/mol. The lowest BCUT2D eigenvalue weighted by Crippen LogP contribution is -2.24. The lowest BCUT2D eigenvalue weighted by molar-refractivity contribution is 0.252. The van der Waals surface area contributed by atoms with Gasteiger partial charge in [-0.25, -0.2) is 10.2 Å². The summed E-state index contributed by atoms with van der Waals surface area (Å²) < 4.78 is 1.78. The summed E-state index contributed by atoms with van der Waals surface area (Å²) in [4.78, 5) is 12.1. The van der Waals surface area contributed by atoms with Gasteiger partial charge in [0.05, 0.1) is 12.8 Å². The molecule has 0 atom stereocenters. The van der Waals surface area contributed by atoms with Gasteiger partial charge in [0.2, 0.25) is 0 Å². The molecule has 160 valence electrons. The second kappa shape index (κ2) is 10.1. The number of halogens is 2. The number of nitrogens with one attached hydrogen (secondary N) is 2. The Morgan fingerprint density at radius 3 is 2.44 bits per heavy atom. The van der Waals surface area contributed by atoms with Gasteiger partial charge in [0.1, 0.15) is 5.69 Å². The number of para-hydroxylation sites is 1. The quantitative estimate of drug-likeness (QED) is 0.269.